The Hall–Kier alpha value is -2.42. The number of rotatable bonds is 5. The first-order chi connectivity index (χ1) is 12.5. The van der Waals surface area contributed by atoms with Gasteiger partial charge in [-0.2, -0.15) is 22.5 Å². The van der Waals surface area contributed by atoms with Gasteiger partial charge in [-0.25, -0.2) is 4.98 Å². The molecule has 2 aromatic rings. The van der Waals surface area contributed by atoms with Gasteiger partial charge < -0.3 is 15.1 Å². The van der Waals surface area contributed by atoms with Crippen molar-refractivity contribution in [3.05, 3.63) is 47.4 Å². The molecule has 26 heavy (non-hydrogen) atoms. The molecule has 9 heteroatoms. The smallest absolute Gasteiger partial charge is 0.253 e. The number of hydrogen-bond donors (Lipinski definition) is 1. The quantitative estimate of drug-likeness (QED) is 0.649. The van der Waals surface area contributed by atoms with Crippen LogP contribution in [0.25, 0.3) is 0 Å². The molecule has 0 amide bonds. The van der Waals surface area contributed by atoms with Gasteiger partial charge in [0.1, 0.15) is 11.5 Å². The molecule has 3 rings (SSSR count). The lowest BCUT2D eigenvalue weighted by Crippen LogP contribution is -2.46. The van der Waals surface area contributed by atoms with Crippen LogP contribution in [0.4, 0.5) is 29.1 Å². The third kappa shape index (κ3) is 3.87. The second-order valence-electron chi connectivity index (χ2n) is 5.99. The zero-order valence-corrected chi connectivity index (χ0v) is 14.3. The van der Waals surface area contributed by atoms with Crippen LogP contribution in [0.15, 0.2) is 18.3 Å². The molecular formula is C17H19F4N5. The van der Waals surface area contributed by atoms with E-state index in [0.717, 1.165) is 38.5 Å². The Kier molecular flexibility index (Phi) is 5.55. The maximum atomic E-state index is 13.7. The van der Waals surface area contributed by atoms with Gasteiger partial charge in [0.05, 0.1) is 0 Å². The fourth-order valence-corrected chi connectivity index (χ4v) is 2.87. The molecule has 140 valence electrons. The van der Waals surface area contributed by atoms with Crippen molar-refractivity contribution in [2.75, 3.05) is 42.9 Å². The van der Waals surface area contributed by atoms with Crippen LogP contribution in [0, 0.1) is 23.5 Å². The number of piperazine rings is 1. The van der Waals surface area contributed by atoms with E-state index < -0.39 is 29.2 Å². The van der Waals surface area contributed by atoms with E-state index in [4.69, 9.17) is 0 Å². The van der Waals surface area contributed by atoms with Crippen molar-refractivity contribution in [1.29, 1.82) is 0 Å². The van der Waals surface area contributed by atoms with E-state index in [0.29, 0.717) is 5.56 Å². The average molecular weight is 369 g/mol. The summed E-state index contributed by atoms with van der Waals surface area (Å²) in [4.78, 5) is 11.3. The lowest BCUT2D eigenvalue weighted by Gasteiger charge is -2.34. The molecule has 0 radical (unpaired) electrons. The lowest BCUT2D eigenvalue weighted by molar-refractivity contribution is 0.270. The summed E-state index contributed by atoms with van der Waals surface area (Å²) in [5.74, 6) is -5.71. The fourth-order valence-electron chi connectivity index (χ4n) is 2.87. The van der Waals surface area contributed by atoms with E-state index in [9.17, 15) is 17.6 Å². The third-order valence-corrected chi connectivity index (χ3v) is 4.42. The van der Waals surface area contributed by atoms with E-state index in [2.05, 4.69) is 32.0 Å². The molecule has 0 unspecified atom stereocenters. The van der Waals surface area contributed by atoms with Crippen molar-refractivity contribution < 1.29 is 17.6 Å². The number of hydrogen-bond acceptors (Lipinski definition) is 5. The van der Waals surface area contributed by atoms with Gasteiger partial charge in [0, 0.05) is 38.9 Å². The maximum absolute atomic E-state index is 13.7. The highest BCUT2D eigenvalue weighted by molar-refractivity contribution is 5.47. The van der Waals surface area contributed by atoms with Crippen molar-refractivity contribution >= 4 is 11.5 Å². The number of halogens is 4. The Labute approximate surface area is 148 Å². The third-order valence-electron chi connectivity index (χ3n) is 4.42. The summed E-state index contributed by atoms with van der Waals surface area (Å²) in [5, 5.41) is 2.40. The summed E-state index contributed by atoms with van der Waals surface area (Å²) in [7, 11) is 0. The molecule has 0 aliphatic carbocycles. The van der Waals surface area contributed by atoms with E-state index in [1.165, 1.54) is 0 Å². The highest BCUT2D eigenvalue weighted by Gasteiger charge is 2.21. The van der Waals surface area contributed by atoms with Crippen LogP contribution in [0.1, 0.15) is 12.5 Å². The van der Waals surface area contributed by atoms with Crippen molar-refractivity contribution in [2.45, 2.75) is 13.5 Å². The normalized spacial score (nSPS) is 15.3. The van der Waals surface area contributed by atoms with Gasteiger partial charge in [0.2, 0.25) is 11.6 Å². The maximum Gasteiger partial charge on any atom is 0.253 e. The zero-order valence-electron chi connectivity index (χ0n) is 14.3. The largest absolute Gasteiger partial charge is 0.376 e. The molecule has 5 nitrogen and oxygen atoms in total. The average Bonchev–Trinajstić information content (AvgIpc) is 2.67. The van der Waals surface area contributed by atoms with Crippen molar-refractivity contribution in [3.63, 3.8) is 0 Å². The number of nitrogens with one attached hydrogen (secondary N) is 1. The van der Waals surface area contributed by atoms with Gasteiger partial charge in [0.15, 0.2) is 0 Å². The molecule has 0 atom stereocenters. The van der Waals surface area contributed by atoms with E-state index in [1.807, 2.05) is 0 Å². The monoisotopic (exact) mass is 369 g/mol. The van der Waals surface area contributed by atoms with Gasteiger partial charge >= 0.3 is 0 Å². The molecule has 1 N–H and O–H groups in total. The van der Waals surface area contributed by atoms with Gasteiger partial charge in [-0.3, -0.25) is 0 Å². The van der Waals surface area contributed by atoms with Crippen LogP contribution < -0.4 is 10.2 Å². The van der Waals surface area contributed by atoms with E-state index in [-0.39, 0.29) is 6.54 Å². The molecule has 1 saturated heterocycles. The summed E-state index contributed by atoms with van der Waals surface area (Å²) in [6.07, 6.45) is 1.60. The van der Waals surface area contributed by atoms with E-state index in [1.54, 1.807) is 18.3 Å². The number of aromatic nitrogens is 2. The Bertz CT molecular complexity index is 752. The van der Waals surface area contributed by atoms with Crippen molar-refractivity contribution in [1.82, 2.24) is 14.9 Å². The molecule has 1 fully saturated rings. The predicted octanol–water partition coefficient (Wildman–Crippen LogP) is 2.79. The summed E-state index contributed by atoms with van der Waals surface area (Å²) in [5.41, 5.74) is -0.186. The summed E-state index contributed by atoms with van der Waals surface area (Å²) in [6.45, 7) is 6.65. The second-order valence-corrected chi connectivity index (χ2v) is 5.99. The molecule has 2 aromatic heterocycles. The van der Waals surface area contributed by atoms with Gasteiger partial charge in [-0.05, 0) is 24.2 Å². The minimum atomic E-state index is -1.68. The number of nitrogens with zero attached hydrogens (tertiary/aromatic N) is 4. The van der Waals surface area contributed by atoms with Crippen LogP contribution in [0.5, 0.6) is 0 Å². The Morgan fingerprint density at radius 1 is 1.04 bits per heavy atom. The highest BCUT2D eigenvalue weighted by Crippen LogP contribution is 2.23. The standard InChI is InChI=1S/C17H19F4N5/c1-2-25-5-7-26(8-6-25)12-9-11(3-4-22-12)10-23-15-13(18)16(20)24-17(21)14(15)19/h3-4,9H,2,5-8,10H2,1H3,(H,23,24). The number of pyridine rings is 2. The second kappa shape index (κ2) is 7.86. The molecule has 0 saturated carbocycles. The molecule has 0 spiro atoms. The van der Waals surface area contributed by atoms with Crippen LogP contribution in [-0.4, -0.2) is 47.6 Å². The first-order valence-corrected chi connectivity index (χ1v) is 8.35. The van der Waals surface area contributed by atoms with Gasteiger partial charge in [0.25, 0.3) is 11.9 Å². The Balaban J connectivity index is 1.71. The Morgan fingerprint density at radius 2 is 1.69 bits per heavy atom. The summed E-state index contributed by atoms with van der Waals surface area (Å²) in [6, 6.07) is 3.46. The molecule has 1 aliphatic heterocycles. The topological polar surface area (TPSA) is 44.3 Å². The molecular weight excluding hydrogens is 350 g/mol. The summed E-state index contributed by atoms with van der Waals surface area (Å²) >= 11 is 0. The molecule has 3 heterocycles. The first-order valence-electron chi connectivity index (χ1n) is 8.35. The van der Waals surface area contributed by atoms with Crippen LogP contribution >= 0.6 is 0 Å². The fraction of sp³-hybridized carbons (Fsp3) is 0.412. The number of anilines is 2. The zero-order chi connectivity index (χ0) is 18.7. The van der Waals surface area contributed by atoms with E-state index >= 15 is 0 Å². The minimum Gasteiger partial charge on any atom is -0.376 e. The molecule has 0 bridgehead atoms. The van der Waals surface area contributed by atoms with Crippen LogP contribution in [0.2, 0.25) is 0 Å². The van der Waals surface area contributed by atoms with Gasteiger partial charge in [-0.1, -0.05) is 6.92 Å². The van der Waals surface area contributed by atoms with Gasteiger partial charge in [-0.15, -0.1) is 0 Å². The first kappa shape index (κ1) is 18.4. The highest BCUT2D eigenvalue weighted by atomic mass is 19.2. The number of likely N-dealkylation sites (N-methyl/N-ethyl adjacent to an activating group) is 1. The molecule has 1 aliphatic rings. The van der Waals surface area contributed by atoms with Crippen LogP contribution in [-0.2, 0) is 6.54 Å². The predicted molar refractivity (Wildman–Crippen MR) is 90.0 cm³/mol. The Morgan fingerprint density at radius 3 is 2.31 bits per heavy atom. The van der Waals surface area contributed by atoms with Crippen molar-refractivity contribution in [2.24, 2.45) is 0 Å². The molecule has 0 aromatic carbocycles. The lowest BCUT2D eigenvalue weighted by atomic mass is 10.2. The minimum absolute atomic E-state index is 0.0127. The summed E-state index contributed by atoms with van der Waals surface area (Å²) < 4.78 is 53.6. The SMILES string of the molecule is CCN1CCN(c2cc(CNc3c(F)c(F)nc(F)c3F)ccn2)CC1. The van der Waals surface area contributed by atoms with Crippen molar-refractivity contribution in [3.8, 4) is 0 Å². The van der Waals surface area contributed by atoms with Crippen LogP contribution in [0.3, 0.4) is 0 Å².